The van der Waals surface area contributed by atoms with Gasteiger partial charge < -0.3 is 10.1 Å². The van der Waals surface area contributed by atoms with Gasteiger partial charge in [0, 0.05) is 18.7 Å². The molecule has 1 N–H and O–H groups in total. The van der Waals surface area contributed by atoms with Crippen molar-refractivity contribution in [3.63, 3.8) is 0 Å². The molecular formula is C15H24ClN3O. The minimum Gasteiger partial charge on any atom is -0.374 e. The van der Waals surface area contributed by atoms with Crippen LogP contribution in [0.2, 0.25) is 5.15 Å². The molecule has 1 fully saturated rings. The van der Waals surface area contributed by atoms with Crippen LogP contribution < -0.4 is 5.32 Å². The summed E-state index contributed by atoms with van der Waals surface area (Å²) in [6, 6.07) is 2.29. The number of nitrogens with zero attached hydrogens (tertiary/aromatic N) is 2. The Morgan fingerprint density at radius 2 is 2.15 bits per heavy atom. The SMILES string of the molecule is CCOCc1nc(Cl)cc(NC2CCCC(C)CC2)n1. The number of aromatic nitrogens is 2. The van der Waals surface area contributed by atoms with Gasteiger partial charge in [0.15, 0.2) is 5.82 Å². The standard InChI is InChI=1S/C15H24ClN3O/c1-3-20-10-15-18-13(16)9-14(19-15)17-12-6-4-5-11(2)7-8-12/h9,11-12H,3-8,10H2,1-2H3,(H,17,18,19). The van der Waals surface area contributed by atoms with Crippen molar-refractivity contribution in [2.75, 3.05) is 11.9 Å². The first-order valence-electron chi connectivity index (χ1n) is 7.55. The number of ether oxygens (including phenoxy) is 1. The molecule has 0 spiro atoms. The summed E-state index contributed by atoms with van der Waals surface area (Å²) in [6.07, 6.45) is 6.29. The molecular weight excluding hydrogens is 274 g/mol. The summed E-state index contributed by atoms with van der Waals surface area (Å²) in [6.45, 7) is 5.35. The van der Waals surface area contributed by atoms with Gasteiger partial charge in [0.05, 0.1) is 0 Å². The third kappa shape index (κ3) is 4.91. The molecule has 1 heterocycles. The van der Waals surface area contributed by atoms with Crippen LogP contribution in [-0.4, -0.2) is 22.6 Å². The van der Waals surface area contributed by atoms with Crippen molar-refractivity contribution in [3.05, 3.63) is 17.0 Å². The van der Waals surface area contributed by atoms with Crippen LogP contribution in [0.1, 0.15) is 51.8 Å². The molecule has 0 radical (unpaired) electrons. The second-order valence-electron chi connectivity index (χ2n) is 5.58. The second kappa shape index (κ2) is 7.79. The maximum Gasteiger partial charge on any atom is 0.158 e. The molecule has 0 amide bonds. The quantitative estimate of drug-likeness (QED) is 0.658. The molecule has 2 atom stereocenters. The van der Waals surface area contributed by atoms with Gasteiger partial charge in [0.1, 0.15) is 17.6 Å². The van der Waals surface area contributed by atoms with Gasteiger partial charge in [-0.05, 0) is 32.1 Å². The fraction of sp³-hybridized carbons (Fsp3) is 0.733. The lowest BCUT2D eigenvalue weighted by Crippen LogP contribution is -2.19. The molecule has 4 nitrogen and oxygen atoms in total. The first-order chi connectivity index (χ1) is 9.67. The molecule has 112 valence electrons. The van der Waals surface area contributed by atoms with Crippen molar-refractivity contribution in [1.29, 1.82) is 0 Å². The number of hydrogen-bond acceptors (Lipinski definition) is 4. The summed E-state index contributed by atoms with van der Waals surface area (Å²) in [5, 5.41) is 3.98. The van der Waals surface area contributed by atoms with Gasteiger partial charge in [0.2, 0.25) is 0 Å². The maximum absolute atomic E-state index is 6.06. The lowest BCUT2D eigenvalue weighted by molar-refractivity contribution is 0.128. The van der Waals surface area contributed by atoms with Crippen LogP contribution >= 0.6 is 11.6 Å². The monoisotopic (exact) mass is 297 g/mol. The number of halogens is 1. The van der Waals surface area contributed by atoms with E-state index in [1.807, 2.05) is 6.92 Å². The van der Waals surface area contributed by atoms with Crippen molar-refractivity contribution >= 4 is 17.4 Å². The Balaban J connectivity index is 1.98. The summed E-state index contributed by atoms with van der Waals surface area (Å²) >= 11 is 6.06. The average molecular weight is 298 g/mol. The van der Waals surface area contributed by atoms with Crippen LogP contribution in [0.4, 0.5) is 5.82 Å². The molecule has 0 aliphatic heterocycles. The molecule has 1 aromatic heterocycles. The first kappa shape index (κ1) is 15.5. The van der Waals surface area contributed by atoms with Crippen molar-refractivity contribution in [2.24, 2.45) is 5.92 Å². The van der Waals surface area contributed by atoms with Crippen LogP contribution in [0.15, 0.2) is 6.07 Å². The minimum atomic E-state index is 0.410. The highest BCUT2D eigenvalue weighted by atomic mass is 35.5. The van der Waals surface area contributed by atoms with E-state index in [1.54, 1.807) is 6.07 Å². The number of hydrogen-bond donors (Lipinski definition) is 1. The molecule has 1 aliphatic rings. The van der Waals surface area contributed by atoms with Crippen molar-refractivity contribution < 1.29 is 4.74 Å². The van der Waals surface area contributed by atoms with Crippen LogP contribution in [-0.2, 0) is 11.3 Å². The second-order valence-corrected chi connectivity index (χ2v) is 5.97. The molecule has 1 aliphatic carbocycles. The molecule has 2 rings (SSSR count). The Kier molecular flexibility index (Phi) is 6.05. The molecule has 0 bridgehead atoms. The highest BCUT2D eigenvalue weighted by Gasteiger charge is 2.16. The Morgan fingerprint density at radius 1 is 1.30 bits per heavy atom. The van der Waals surface area contributed by atoms with Crippen molar-refractivity contribution in [3.8, 4) is 0 Å². The van der Waals surface area contributed by atoms with Crippen LogP contribution in [0.3, 0.4) is 0 Å². The first-order valence-corrected chi connectivity index (χ1v) is 7.93. The lowest BCUT2D eigenvalue weighted by Gasteiger charge is -2.17. The third-order valence-corrected chi connectivity index (χ3v) is 3.98. The van der Waals surface area contributed by atoms with Gasteiger partial charge in [-0.15, -0.1) is 0 Å². The fourth-order valence-corrected chi connectivity index (χ4v) is 2.84. The Morgan fingerprint density at radius 3 is 2.95 bits per heavy atom. The highest BCUT2D eigenvalue weighted by molar-refractivity contribution is 6.29. The predicted octanol–water partition coefficient (Wildman–Crippen LogP) is 4.05. The summed E-state index contributed by atoms with van der Waals surface area (Å²) in [7, 11) is 0. The summed E-state index contributed by atoms with van der Waals surface area (Å²) in [5.74, 6) is 2.30. The zero-order valence-electron chi connectivity index (χ0n) is 12.4. The van der Waals surface area contributed by atoms with Gasteiger partial charge in [-0.25, -0.2) is 9.97 Å². The predicted molar refractivity (Wildman–Crippen MR) is 82.0 cm³/mol. The van der Waals surface area contributed by atoms with E-state index in [2.05, 4.69) is 22.2 Å². The summed E-state index contributed by atoms with van der Waals surface area (Å²) in [5.41, 5.74) is 0. The normalized spacial score (nSPS) is 23.4. The lowest BCUT2D eigenvalue weighted by atomic mass is 10.0. The number of rotatable bonds is 5. The van der Waals surface area contributed by atoms with E-state index in [0.29, 0.717) is 30.2 Å². The number of anilines is 1. The van der Waals surface area contributed by atoms with Crippen LogP contribution in [0.5, 0.6) is 0 Å². The summed E-state index contributed by atoms with van der Waals surface area (Å²) < 4.78 is 5.34. The van der Waals surface area contributed by atoms with Gasteiger partial charge >= 0.3 is 0 Å². The molecule has 2 unspecified atom stereocenters. The topological polar surface area (TPSA) is 47.0 Å². The van der Waals surface area contributed by atoms with Gasteiger partial charge in [-0.1, -0.05) is 31.4 Å². The fourth-order valence-electron chi connectivity index (χ4n) is 2.64. The smallest absolute Gasteiger partial charge is 0.158 e. The molecule has 20 heavy (non-hydrogen) atoms. The van der Waals surface area contributed by atoms with Gasteiger partial charge in [0.25, 0.3) is 0 Å². The zero-order valence-corrected chi connectivity index (χ0v) is 13.1. The summed E-state index contributed by atoms with van der Waals surface area (Å²) in [4.78, 5) is 8.67. The third-order valence-electron chi connectivity index (χ3n) is 3.79. The zero-order chi connectivity index (χ0) is 14.4. The van der Waals surface area contributed by atoms with E-state index in [9.17, 15) is 0 Å². The Bertz CT molecular complexity index is 428. The van der Waals surface area contributed by atoms with Gasteiger partial charge in [-0.3, -0.25) is 0 Å². The van der Waals surface area contributed by atoms with E-state index in [1.165, 1.54) is 32.1 Å². The van der Waals surface area contributed by atoms with E-state index < -0.39 is 0 Å². The largest absolute Gasteiger partial charge is 0.374 e. The molecule has 1 aromatic rings. The average Bonchev–Trinajstić information content (AvgIpc) is 2.61. The van der Waals surface area contributed by atoms with Crippen LogP contribution in [0.25, 0.3) is 0 Å². The van der Waals surface area contributed by atoms with E-state index >= 15 is 0 Å². The molecule has 0 aromatic carbocycles. The van der Waals surface area contributed by atoms with E-state index in [4.69, 9.17) is 16.3 Å². The van der Waals surface area contributed by atoms with Gasteiger partial charge in [-0.2, -0.15) is 0 Å². The maximum atomic E-state index is 6.06. The highest BCUT2D eigenvalue weighted by Crippen LogP contribution is 2.25. The van der Waals surface area contributed by atoms with Crippen LogP contribution in [0, 0.1) is 5.92 Å². The Labute approximate surface area is 126 Å². The number of nitrogens with one attached hydrogen (secondary N) is 1. The minimum absolute atomic E-state index is 0.410. The Hall–Kier alpha value is -0.870. The van der Waals surface area contributed by atoms with Crippen molar-refractivity contribution in [2.45, 2.75) is 58.6 Å². The van der Waals surface area contributed by atoms with E-state index in [0.717, 1.165) is 11.7 Å². The van der Waals surface area contributed by atoms with E-state index in [-0.39, 0.29) is 0 Å². The molecule has 1 saturated carbocycles. The molecule has 5 heteroatoms. The van der Waals surface area contributed by atoms with Crippen molar-refractivity contribution in [1.82, 2.24) is 9.97 Å². The molecule has 0 saturated heterocycles.